The second kappa shape index (κ2) is 9.59. The number of benzene rings is 5. The zero-order valence-corrected chi connectivity index (χ0v) is 26.5. The van der Waals surface area contributed by atoms with E-state index in [1.54, 1.807) is 11.8 Å². The Hall–Kier alpha value is -5.85. The molecule has 0 saturated heterocycles. The van der Waals surface area contributed by atoms with Gasteiger partial charge in [-0.1, -0.05) is 91.1 Å². The zero-order chi connectivity index (χ0) is 31.5. The normalized spacial score (nSPS) is 18.2. The summed E-state index contributed by atoms with van der Waals surface area (Å²) >= 11 is 1.79. The van der Waals surface area contributed by atoms with Gasteiger partial charge >= 0.3 is 0 Å². The Morgan fingerprint density at radius 1 is 0.688 bits per heavy atom. The summed E-state index contributed by atoms with van der Waals surface area (Å²) in [6, 6.07) is 38.8. The van der Waals surface area contributed by atoms with Crippen molar-refractivity contribution in [1.29, 1.82) is 0 Å². The summed E-state index contributed by atoms with van der Waals surface area (Å²) < 4.78 is 6.12. The van der Waals surface area contributed by atoms with Crippen molar-refractivity contribution < 1.29 is 4.42 Å². The van der Waals surface area contributed by atoms with Crippen LogP contribution in [-0.4, -0.2) is 9.97 Å². The van der Waals surface area contributed by atoms with Crippen LogP contribution in [0.5, 0.6) is 0 Å². The van der Waals surface area contributed by atoms with Gasteiger partial charge in [0.1, 0.15) is 5.58 Å². The zero-order valence-electron chi connectivity index (χ0n) is 25.7. The van der Waals surface area contributed by atoms with E-state index in [1.165, 1.54) is 32.3 Å². The van der Waals surface area contributed by atoms with Gasteiger partial charge in [0.25, 0.3) is 0 Å². The number of hydrogen-bond acceptors (Lipinski definition) is 6. The lowest BCUT2D eigenvalue weighted by Gasteiger charge is -2.31. The van der Waals surface area contributed by atoms with Crippen molar-refractivity contribution in [2.45, 2.75) is 21.6 Å². The van der Waals surface area contributed by atoms with E-state index < -0.39 is 0 Å². The highest BCUT2D eigenvalue weighted by atomic mass is 32.2. The highest BCUT2D eigenvalue weighted by molar-refractivity contribution is 7.99. The summed E-state index contributed by atoms with van der Waals surface area (Å²) in [6.45, 7) is 4.16. The third kappa shape index (κ3) is 3.37. The van der Waals surface area contributed by atoms with E-state index in [4.69, 9.17) is 14.4 Å². The van der Waals surface area contributed by atoms with Gasteiger partial charge in [-0.15, -0.1) is 0 Å². The molecule has 1 unspecified atom stereocenters. The maximum Gasteiger partial charge on any atom is 0.235 e. The number of allylic oxidation sites excluding steroid dienone is 4. The summed E-state index contributed by atoms with van der Waals surface area (Å²) in [5.74, 6) is 0.805. The van der Waals surface area contributed by atoms with Gasteiger partial charge in [-0.05, 0) is 65.7 Å². The van der Waals surface area contributed by atoms with Crippen LogP contribution in [0.1, 0.15) is 28.5 Å². The molecule has 0 fully saturated rings. The molecule has 0 spiro atoms. The molecule has 3 aliphatic heterocycles. The molecule has 6 heteroatoms. The van der Waals surface area contributed by atoms with Crippen LogP contribution in [0.15, 0.2) is 160 Å². The molecule has 48 heavy (non-hydrogen) atoms. The van der Waals surface area contributed by atoms with Crippen molar-refractivity contribution in [3.8, 4) is 11.3 Å². The second-order valence-electron chi connectivity index (χ2n) is 12.6. The number of nitrogens with zero attached hydrogens (tertiary/aromatic N) is 4. The molecule has 2 aromatic heterocycles. The van der Waals surface area contributed by atoms with E-state index in [0.717, 1.165) is 55.8 Å². The molecule has 5 aromatic carbocycles. The van der Waals surface area contributed by atoms with Crippen molar-refractivity contribution in [2.75, 3.05) is 9.80 Å². The SMILES string of the molecule is C=Cc1coc2ccc3c(c12)N(c1nc2c4c(cccc4n1)Sc1ccccc1-2)C1=CC=C2C(c4ccccc4N2c2ccccc2)[C@H]13. The molecule has 0 N–H and O–H groups in total. The Bertz CT molecular complexity index is 2600. The summed E-state index contributed by atoms with van der Waals surface area (Å²) in [5.41, 5.74) is 13.3. The molecule has 4 aliphatic rings. The Kier molecular flexibility index (Phi) is 5.25. The molecular formula is C42H26N4OS. The predicted octanol–water partition coefficient (Wildman–Crippen LogP) is 11.1. The van der Waals surface area contributed by atoms with Crippen molar-refractivity contribution >= 4 is 62.7 Å². The van der Waals surface area contributed by atoms with Crippen LogP contribution in [-0.2, 0) is 0 Å². The number of aromatic nitrogens is 2. The third-order valence-electron chi connectivity index (χ3n) is 10.2. The molecule has 0 radical (unpaired) electrons. The number of rotatable bonds is 3. The van der Waals surface area contributed by atoms with Gasteiger partial charge < -0.3 is 9.32 Å². The Labute approximate surface area is 281 Å². The monoisotopic (exact) mass is 634 g/mol. The lowest BCUT2D eigenvalue weighted by molar-refractivity contribution is 0.615. The van der Waals surface area contributed by atoms with Crippen molar-refractivity contribution in [1.82, 2.24) is 9.97 Å². The number of hydrogen-bond donors (Lipinski definition) is 0. The van der Waals surface area contributed by atoms with Crippen molar-refractivity contribution in [2.24, 2.45) is 0 Å². The van der Waals surface area contributed by atoms with E-state index in [-0.39, 0.29) is 11.8 Å². The van der Waals surface area contributed by atoms with Gasteiger partial charge in [0.05, 0.1) is 28.5 Å². The largest absolute Gasteiger partial charge is 0.464 e. The molecule has 0 amide bonds. The molecule has 2 atom stereocenters. The number of anilines is 4. The quantitative estimate of drug-likeness (QED) is 0.193. The number of furan rings is 1. The average molecular weight is 635 g/mol. The minimum Gasteiger partial charge on any atom is -0.464 e. The molecule has 1 aliphatic carbocycles. The molecular weight excluding hydrogens is 609 g/mol. The fourth-order valence-corrected chi connectivity index (χ4v) is 9.42. The third-order valence-corrected chi connectivity index (χ3v) is 11.4. The summed E-state index contributed by atoms with van der Waals surface area (Å²) in [5, 5.41) is 2.14. The first-order valence-corrected chi connectivity index (χ1v) is 17.0. The first-order valence-electron chi connectivity index (χ1n) is 16.2. The van der Waals surface area contributed by atoms with Crippen LogP contribution in [0.4, 0.5) is 23.0 Å². The molecule has 11 rings (SSSR count). The molecule has 0 bridgehead atoms. The van der Waals surface area contributed by atoms with Crippen LogP contribution in [0, 0.1) is 0 Å². The molecule has 7 aromatic rings. The predicted molar refractivity (Wildman–Crippen MR) is 194 cm³/mol. The minimum atomic E-state index is 0.0386. The summed E-state index contributed by atoms with van der Waals surface area (Å²) in [4.78, 5) is 17.9. The van der Waals surface area contributed by atoms with E-state index in [2.05, 4.69) is 138 Å². The average Bonchev–Trinajstić information content (AvgIpc) is 3.81. The molecule has 5 heterocycles. The van der Waals surface area contributed by atoms with Gasteiger partial charge in [-0.25, -0.2) is 9.97 Å². The van der Waals surface area contributed by atoms with Gasteiger partial charge in [0.15, 0.2) is 0 Å². The smallest absolute Gasteiger partial charge is 0.235 e. The number of fused-ring (bicyclic) bond motifs is 11. The Morgan fingerprint density at radius 3 is 2.35 bits per heavy atom. The van der Waals surface area contributed by atoms with Crippen molar-refractivity contribution in [3.05, 3.63) is 162 Å². The highest BCUT2D eigenvalue weighted by Gasteiger charge is 2.50. The standard InChI is InChI=1S/C42H26N4OS/c1-2-24-23-47-33-22-19-28-38-32(21-20-31-37(38)26-13-6-8-16-30(26)45(31)25-11-4-3-5-12-25)46(41(28)36(24)33)42-43-29-15-10-18-35-39(29)40(44-42)27-14-7-9-17-34(27)48-35/h2-23,37-38H,1H2/t37?,38-/m0/s1. The highest BCUT2D eigenvalue weighted by Crippen LogP contribution is 2.63. The Morgan fingerprint density at radius 2 is 1.46 bits per heavy atom. The topological polar surface area (TPSA) is 45.4 Å². The minimum absolute atomic E-state index is 0.0386. The lowest BCUT2D eigenvalue weighted by atomic mass is 9.77. The van der Waals surface area contributed by atoms with E-state index >= 15 is 0 Å². The fourth-order valence-electron chi connectivity index (χ4n) is 8.31. The van der Waals surface area contributed by atoms with Crippen LogP contribution >= 0.6 is 11.8 Å². The lowest BCUT2D eigenvalue weighted by Crippen LogP contribution is -2.24. The van der Waals surface area contributed by atoms with Gasteiger partial charge in [-0.2, -0.15) is 0 Å². The Balaban J connectivity index is 1.21. The number of para-hydroxylation sites is 2. The summed E-state index contributed by atoms with van der Waals surface area (Å²) in [6.07, 6.45) is 8.29. The van der Waals surface area contributed by atoms with Crippen LogP contribution in [0.3, 0.4) is 0 Å². The van der Waals surface area contributed by atoms with Gasteiger partial charge in [0, 0.05) is 60.9 Å². The first kappa shape index (κ1) is 26.2. The van der Waals surface area contributed by atoms with Crippen molar-refractivity contribution in [3.63, 3.8) is 0 Å². The fraction of sp³-hybridized carbons (Fsp3) is 0.0476. The molecule has 5 nitrogen and oxygen atoms in total. The van der Waals surface area contributed by atoms with Gasteiger partial charge in [-0.3, -0.25) is 4.90 Å². The maximum absolute atomic E-state index is 6.12. The summed E-state index contributed by atoms with van der Waals surface area (Å²) in [7, 11) is 0. The molecule has 0 saturated carbocycles. The van der Waals surface area contributed by atoms with E-state index in [1.807, 2.05) is 12.3 Å². The van der Waals surface area contributed by atoms with Gasteiger partial charge in [0.2, 0.25) is 5.95 Å². The maximum atomic E-state index is 6.12. The van der Waals surface area contributed by atoms with E-state index in [0.29, 0.717) is 5.95 Å². The van der Waals surface area contributed by atoms with Crippen LogP contribution in [0.2, 0.25) is 0 Å². The van der Waals surface area contributed by atoms with Crippen LogP contribution in [0.25, 0.3) is 39.2 Å². The van der Waals surface area contributed by atoms with E-state index in [9.17, 15) is 0 Å². The molecule has 226 valence electrons. The van der Waals surface area contributed by atoms with Crippen LogP contribution < -0.4 is 9.80 Å². The second-order valence-corrected chi connectivity index (χ2v) is 13.7. The first-order chi connectivity index (χ1) is 23.8.